The van der Waals surface area contributed by atoms with Gasteiger partial charge in [-0.2, -0.15) is 5.10 Å². The number of fused-ring (bicyclic) bond motifs is 3. The van der Waals surface area contributed by atoms with Crippen molar-refractivity contribution in [1.29, 1.82) is 0 Å². The van der Waals surface area contributed by atoms with Crippen LogP contribution in [0.5, 0.6) is 0 Å². The number of hydrogen-bond donors (Lipinski definition) is 1. The van der Waals surface area contributed by atoms with Gasteiger partial charge in [-0.3, -0.25) is 9.67 Å². The second-order valence-corrected chi connectivity index (χ2v) is 8.42. The molecule has 3 aliphatic heterocycles. The summed E-state index contributed by atoms with van der Waals surface area (Å²) in [5.74, 6) is 0. The fraction of sp³-hybridized carbons (Fsp3) is 0.500. The number of para-hydroxylation sites is 1. The first-order valence-electron chi connectivity index (χ1n) is 10.4. The molecule has 29 heavy (non-hydrogen) atoms. The summed E-state index contributed by atoms with van der Waals surface area (Å²) in [6, 6.07) is 10.4. The van der Waals surface area contributed by atoms with Crippen molar-refractivity contribution in [1.82, 2.24) is 20.0 Å². The number of hydrogen-bond acceptors (Lipinski definition) is 4. The Labute approximate surface area is 170 Å². The van der Waals surface area contributed by atoms with Crippen LogP contribution in [0, 0.1) is 0 Å². The first kappa shape index (κ1) is 18.4. The number of likely N-dealkylation sites (tertiary alicyclic amines) is 1. The fourth-order valence-corrected chi connectivity index (χ4v) is 4.73. The molecule has 0 aliphatic carbocycles. The minimum atomic E-state index is -0.464. The molecule has 2 aromatic rings. The van der Waals surface area contributed by atoms with Gasteiger partial charge in [0.1, 0.15) is 5.60 Å². The van der Waals surface area contributed by atoms with E-state index in [1.54, 1.807) is 0 Å². The maximum absolute atomic E-state index is 12.3. The van der Waals surface area contributed by atoms with Crippen LogP contribution >= 0.6 is 0 Å². The summed E-state index contributed by atoms with van der Waals surface area (Å²) in [6.07, 6.45) is 3.08. The number of aromatic nitrogens is 2. The second kappa shape index (κ2) is 6.69. The maximum Gasteiger partial charge on any atom is 0.317 e. The Kier molecular flexibility index (Phi) is 4.24. The zero-order valence-electron chi connectivity index (χ0n) is 17.0. The Morgan fingerprint density at radius 3 is 3.03 bits per heavy atom. The lowest BCUT2D eigenvalue weighted by Gasteiger charge is -2.34. The standard InChI is InChI=1S/C22H27N5O2/c1-3-23-20(28)26-9-8-22(15-26)19-12-18(25-27(19)10-11-29-22)21(2)13-16-6-4-5-7-17(16)24-14-21/h4-7,12-13H,3,8-11,14-15H2,1-2H3,(H,23,28). The van der Waals surface area contributed by atoms with Crippen LogP contribution in [0.3, 0.4) is 0 Å². The highest BCUT2D eigenvalue weighted by Crippen LogP contribution is 2.40. The predicted molar refractivity (Wildman–Crippen MR) is 109 cm³/mol. The van der Waals surface area contributed by atoms with Crippen LogP contribution in [0.2, 0.25) is 0 Å². The molecule has 4 heterocycles. The number of carbonyl (C=O) groups excluding carboxylic acids is 1. The number of rotatable bonds is 2. The van der Waals surface area contributed by atoms with Gasteiger partial charge in [0.15, 0.2) is 0 Å². The highest BCUT2D eigenvalue weighted by molar-refractivity contribution is 5.74. The number of carbonyl (C=O) groups is 1. The lowest BCUT2D eigenvalue weighted by Crippen LogP contribution is -2.44. The second-order valence-electron chi connectivity index (χ2n) is 8.42. The number of nitrogens with one attached hydrogen (secondary N) is 1. The molecule has 2 unspecified atom stereocenters. The molecule has 0 saturated carbocycles. The van der Waals surface area contributed by atoms with E-state index in [1.165, 1.54) is 0 Å². The topological polar surface area (TPSA) is 71.8 Å². The molecule has 0 bridgehead atoms. The lowest BCUT2D eigenvalue weighted by molar-refractivity contribution is -0.0701. The molecule has 5 rings (SSSR count). The Morgan fingerprint density at radius 2 is 2.17 bits per heavy atom. The molecular weight excluding hydrogens is 366 g/mol. The molecule has 2 amide bonds. The predicted octanol–water partition coefficient (Wildman–Crippen LogP) is 0.915. The van der Waals surface area contributed by atoms with Gasteiger partial charge in [0, 0.05) is 19.5 Å². The highest BCUT2D eigenvalue weighted by Gasteiger charge is 2.47. The number of amides is 2. The van der Waals surface area contributed by atoms with Gasteiger partial charge in [-0.15, -0.1) is 0 Å². The summed E-state index contributed by atoms with van der Waals surface area (Å²) in [6.45, 7) is 8.06. The molecular formula is C22H27N5O2. The summed E-state index contributed by atoms with van der Waals surface area (Å²) in [5.41, 5.74) is 1.39. The molecule has 1 aromatic heterocycles. The largest absolute Gasteiger partial charge is 0.365 e. The van der Waals surface area contributed by atoms with Gasteiger partial charge in [0.05, 0.1) is 48.4 Å². The number of benzene rings is 1. The molecule has 2 atom stereocenters. The maximum atomic E-state index is 12.3. The normalized spacial score (nSPS) is 27.7. The van der Waals surface area contributed by atoms with Gasteiger partial charge in [-0.25, -0.2) is 4.79 Å². The van der Waals surface area contributed by atoms with Crippen molar-refractivity contribution in [2.45, 2.75) is 37.8 Å². The van der Waals surface area contributed by atoms with E-state index in [4.69, 9.17) is 14.8 Å². The van der Waals surface area contributed by atoms with Crippen molar-refractivity contribution in [3.05, 3.63) is 52.3 Å². The zero-order chi connectivity index (χ0) is 20.1. The zero-order valence-corrected chi connectivity index (χ0v) is 17.0. The number of ether oxygens (including phenoxy) is 1. The van der Waals surface area contributed by atoms with Crippen molar-refractivity contribution in [3.8, 4) is 0 Å². The summed E-state index contributed by atoms with van der Waals surface area (Å²) in [4.78, 5) is 19.0. The minimum Gasteiger partial charge on any atom is -0.365 e. The van der Waals surface area contributed by atoms with E-state index in [2.05, 4.69) is 41.2 Å². The van der Waals surface area contributed by atoms with E-state index in [-0.39, 0.29) is 11.4 Å². The van der Waals surface area contributed by atoms with Crippen molar-refractivity contribution in [2.24, 2.45) is 4.99 Å². The van der Waals surface area contributed by atoms with Crippen molar-refractivity contribution in [2.75, 3.05) is 32.8 Å². The van der Waals surface area contributed by atoms with Crippen LogP contribution in [0.1, 0.15) is 31.7 Å². The van der Waals surface area contributed by atoms with Gasteiger partial charge < -0.3 is 15.0 Å². The van der Waals surface area contributed by atoms with Crippen molar-refractivity contribution in [3.63, 3.8) is 0 Å². The third-order valence-electron chi connectivity index (χ3n) is 6.35. The molecule has 7 heteroatoms. The molecule has 7 nitrogen and oxygen atoms in total. The lowest BCUT2D eigenvalue weighted by atomic mass is 9.83. The van der Waals surface area contributed by atoms with Gasteiger partial charge in [-0.1, -0.05) is 24.3 Å². The van der Waals surface area contributed by atoms with Gasteiger partial charge in [0.25, 0.3) is 0 Å². The highest BCUT2D eigenvalue weighted by atomic mass is 16.5. The van der Waals surface area contributed by atoms with E-state index < -0.39 is 5.60 Å². The molecule has 1 N–H and O–H groups in total. The molecule has 1 saturated heterocycles. The molecule has 1 aromatic carbocycles. The Balaban J connectivity index is 1.50. The molecule has 0 radical (unpaired) electrons. The molecule has 1 fully saturated rings. The van der Waals surface area contributed by atoms with Crippen molar-refractivity contribution < 1.29 is 9.53 Å². The van der Waals surface area contributed by atoms with E-state index in [1.807, 2.05) is 24.0 Å². The van der Waals surface area contributed by atoms with Crippen LogP contribution in [0.4, 0.5) is 4.79 Å². The SMILES string of the molecule is CCNC(=O)N1CCC2(C1)OCCn1nc(C3(C)C=c4ccccc4=NC3)cc12. The van der Waals surface area contributed by atoms with Gasteiger partial charge in [-0.05, 0) is 31.2 Å². The van der Waals surface area contributed by atoms with Gasteiger partial charge in [0.2, 0.25) is 0 Å². The van der Waals surface area contributed by atoms with Crippen LogP contribution in [-0.4, -0.2) is 53.5 Å². The fourth-order valence-electron chi connectivity index (χ4n) is 4.73. The molecule has 152 valence electrons. The third-order valence-corrected chi connectivity index (χ3v) is 6.35. The monoisotopic (exact) mass is 393 g/mol. The van der Waals surface area contributed by atoms with Gasteiger partial charge >= 0.3 is 6.03 Å². The molecule has 1 spiro atoms. The average molecular weight is 393 g/mol. The quantitative estimate of drug-likeness (QED) is 0.825. The molecule has 3 aliphatic rings. The van der Waals surface area contributed by atoms with E-state index in [9.17, 15) is 4.79 Å². The van der Waals surface area contributed by atoms with Crippen LogP contribution in [0.25, 0.3) is 6.08 Å². The number of urea groups is 1. The summed E-state index contributed by atoms with van der Waals surface area (Å²) in [7, 11) is 0. The van der Waals surface area contributed by atoms with E-state index in [0.29, 0.717) is 32.8 Å². The summed E-state index contributed by atoms with van der Waals surface area (Å²) in [5, 5.41) is 10.1. The van der Waals surface area contributed by atoms with Crippen LogP contribution in [0.15, 0.2) is 35.3 Å². The first-order valence-corrected chi connectivity index (χ1v) is 10.4. The minimum absolute atomic E-state index is 0.0205. The Bertz CT molecular complexity index is 1080. The smallest absolute Gasteiger partial charge is 0.317 e. The number of nitrogens with zero attached hydrogens (tertiary/aromatic N) is 4. The summed E-state index contributed by atoms with van der Waals surface area (Å²) >= 11 is 0. The first-order chi connectivity index (χ1) is 14.0. The van der Waals surface area contributed by atoms with Crippen LogP contribution < -0.4 is 15.9 Å². The third kappa shape index (κ3) is 2.95. The summed E-state index contributed by atoms with van der Waals surface area (Å²) < 4.78 is 8.37. The Hall–Kier alpha value is -2.67. The van der Waals surface area contributed by atoms with Crippen LogP contribution in [-0.2, 0) is 22.3 Å². The average Bonchev–Trinajstić information content (AvgIpc) is 3.35. The van der Waals surface area contributed by atoms with E-state index in [0.717, 1.165) is 34.9 Å². The van der Waals surface area contributed by atoms with E-state index >= 15 is 0 Å². The Morgan fingerprint density at radius 1 is 1.31 bits per heavy atom. The van der Waals surface area contributed by atoms with Crippen molar-refractivity contribution >= 4 is 12.1 Å².